The van der Waals surface area contributed by atoms with Crippen molar-refractivity contribution in [3.05, 3.63) is 23.1 Å². The molecular formula is C6H4ClN3S. The van der Waals surface area contributed by atoms with E-state index in [0.717, 1.165) is 10.4 Å². The van der Waals surface area contributed by atoms with Crippen LogP contribution in [-0.2, 0) is 0 Å². The molecule has 0 amide bonds. The SMILES string of the molecule is Clc1ncc(-c2cn[nH]c2)s1. The summed E-state index contributed by atoms with van der Waals surface area (Å²) in [7, 11) is 0. The van der Waals surface area contributed by atoms with Crippen LogP contribution in [0.25, 0.3) is 10.4 Å². The van der Waals surface area contributed by atoms with Crippen LogP contribution in [0, 0.1) is 0 Å². The van der Waals surface area contributed by atoms with Gasteiger partial charge in [0, 0.05) is 18.0 Å². The lowest BCUT2D eigenvalue weighted by Gasteiger charge is -1.82. The second-order valence-corrected chi connectivity index (χ2v) is 3.58. The summed E-state index contributed by atoms with van der Waals surface area (Å²) in [6, 6.07) is 0. The normalized spacial score (nSPS) is 10.3. The molecule has 0 fully saturated rings. The molecule has 5 heteroatoms. The van der Waals surface area contributed by atoms with Crippen molar-refractivity contribution >= 4 is 22.9 Å². The molecule has 0 radical (unpaired) electrons. The molecule has 11 heavy (non-hydrogen) atoms. The Balaban J connectivity index is 2.45. The Morgan fingerprint density at radius 3 is 2.91 bits per heavy atom. The molecule has 2 aromatic heterocycles. The van der Waals surface area contributed by atoms with Gasteiger partial charge in [-0.1, -0.05) is 11.6 Å². The van der Waals surface area contributed by atoms with Crippen LogP contribution in [0.4, 0.5) is 0 Å². The van der Waals surface area contributed by atoms with Gasteiger partial charge in [-0.3, -0.25) is 5.10 Å². The lowest BCUT2D eigenvalue weighted by molar-refractivity contribution is 1.09. The largest absolute Gasteiger partial charge is 0.285 e. The van der Waals surface area contributed by atoms with E-state index in [1.807, 2.05) is 6.20 Å². The van der Waals surface area contributed by atoms with Crippen LogP contribution >= 0.6 is 22.9 Å². The van der Waals surface area contributed by atoms with Gasteiger partial charge in [0.1, 0.15) is 0 Å². The van der Waals surface area contributed by atoms with Crippen molar-refractivity contribution in [2.75, 3.05) is 0 Å². The summed E-state index contributed by atoms with van der Waals surface area (Å²) in [5.41, 5.74) is 1.02. The highest BCUT2D eigenvalue weighted by molar-refractivity contribution is 7.18. The van der Waals surface area contributed by atoms with Crippen LogP contribution in [0.1, 0.15) is 0 Å². The predicted molar refractivity (Wildman–Crippen MR) is 44.7 cm³/mol. The molecular weight excluding hydrogens is 182 g/mol. The molecule has 0 spiro atoms. The Bertz CT molecular complexity index is 340. The summed E-state index contributed by atoms with van der Waals surface area (Å²) >= 11 is 7.09. The first-order valence-corrected chi connectivity index (χ1v) is 4.16. The van der Waals surface area contributed by atoms with E-state index in [1.165, 1.54) is 11.3 Å². The zero-order chi connectivity index (χ0) is 7.68. The maximum absolute atomic E-state index is 5.65. The van der Waals surface area contributed by atoms with Crippen LogP contribution in [0.2, 0.25) is 4.47 Å². The highest BCUT2D eigenvalue weighted by Gasteiger charge is 2.02. The quantitative estimate of drug-likeness (QED) is 0.740. The molecule has 2 heterocycles. The molecule has 0 bridgehead atoms. The predicted octanol–water partition coefficient (Wildman–Crippen LogP) is 2.19. The van der Waals surface area contributed by atoms with Crippen LogP contribution in [0.15, 0.2) is 18.6 Å². The first kappa shape index (κ1) is 6.82. The maximum Gasteiger partial charge on any atom is 0.184 e. The Kier molecular flexibility index (Phi) is 1.63. The Hall–Kier alpha value is -0.870. The molecule has 56 valence electrons. The zero-order valence-electron chi connectivity index (χ0n) is 5.41. The second kappa shape index (κ2) is 2.64. The molecule has 0 aliphatic heterocycles. The standard InChI is InChI=1S/C6H4ClN3S/c7-6-8-3-5(11-6)4-1-9-10-2-4/h1-3H,(H,9,10). The molecule has 3 nitrogen and oxygen atoms in total. The summed E-state index contributed by atoms with van der Waals surface area (Å²) in [5, 5.41) is 6.54. The van der Waals surface area contributed by atoms with E-state index in [1.54, 1.807) is 12.4 Å². The monoisotopic (exact) mass is 185 g/mol. The van der Waals surface area contributed by atoms with Crippen molar-refractivity contribution in [2.45, 2.75) is 0 Å². The molecule has 0 aromatic carbocycles. The van der Waals surface area contributed by atoms with Crippen molar-refractivity contribution in [1.82, 2.24) is 15.2 Å². The maximum atomic E-state index is 5.65. The second-order valence-electron chi connectivity index (χ2n) is 1.96. The summed E-state index contributed by atoms with van der Waals surface area (Å²) in [6.07, 6.45) is 5.28. The highest BCUT2D eigenvalue weighted by Crippen LogP contribution is 2.27. The fourth-order valence-corrected chi connectivity index (χ4v) is 1.69. The van der Waals surface area contributed by atoms with Crippen molar-refractivity contribution in [2.24, 2.45) is 0 Å². The summed E-state index contributed by atoms with van der Waals surface area (Å²) in [4.78, 5) is 4.95. The first-order valence-electron chi connectivity index (χ1n) is 2.97. The van der Waals surface area contributed by atoms with Crippen LogP contribution in [0.3, 0.4) is 0 Å². The number of thiazole rings is 1. The number of H-pyrrole nitrogens is 1. The average Bonchev–Trinajstić information content (AvgIpc) is 2.55. The molecule has 0 atom stereocenters. The van der Waals surface area contributed by atoms with Gasteiger partial charge in [-0.15, -0.1) is 11.3 Å². The van der Waals surface area contributed by atoms with Crippen molar-refractivity contribution in [3.8, 4) is 10.4 Å². The van der Waals surface area contributed by atoms with E-state index >= 15 is 0 Å². The zero-order valence-corrected chi connectivity index (χ0v) is 6.99. The molecule has 1 N–H and O–H groups in total. The Morgan fingerprint density at radius 1 is 1.45 bits per heavy atom. The number of rotatable bonds is 1. The molecule has 2 rings (SSSR count). The van der Waals surface area contributed by atoms with Crippen LogP contribution < -0.4 is 0 Å². The van der Waals surface area contributed by atoms with Crippen LogP contribution in [0.5, 0.6) is 0 Å². The fraction of sp³-hybridized carbons (Fsp3) is 0. The van der Waals surface area contributed by atoms with E-state index < -0.39 is 0 Å². The van der Waals surface area contributed by atoms with Gasteiger partial charge in [0.2, 0.25) is 0 Å². The topological polar surface area (TPSA) is 41.6 Å². The van der Waals surface area contributed by atoms with Gasteiger partial charge in [-0.25, -0.2) is 4.98 Å². The number of nitrogens with one attached hydrogen (secondary N) is 1. The summed E-state index contributed by atoms with van der Waals surface area (Å²) in [5.74, 6) is 0. The number of aromatic nitrogens is 3. The molecule has 2 aromatic rings. The van der Waals surface area contributed by atoms with Crippen molar-refractivity contribution in [3.63, 3.8) is 0 Å². The number of hydrogen-bond donors (Lipinski definition) is 1. The fourth-order valence-electron chi connectivity index (χ4n) is 0.772. The molecule has 0 saturated carbocycles. The Labute approximate surface area is 72.0 Å². The van der Waals surface area contributed by atoms with E-state index in [4.69, 9.17) is 11.6 Å². The van der Waals surface area contributed by atoms with Gasteiger partial charge in [-0.2, -0.15) is 5.10 Å². The number of aromatic amines is 1. The first-order chi connectivity index (χ1) is 5.36. The van der Waals surface area contributed by atoms with Crippen molar-refractivity contribution in [1.29, 1.82) is 0 Å². The van der Waals surface area contributed by atoms with Gasteiger partial charge in [0.25, 0.3) is 0 Å². The molecule has 0 aliphatic rings. The summed E-state index contributed by atoms with van der Waals surface area (Å²) < 4.78 is 0.557. The van der Waals surface area contributed by atoms with E-state index in [0.29, 0.717) is 4.47 Å². The van der Waals surface area contributed by atoms with E-state index in [2.05, 4.69) is 15.2 Å². The molecule has 0 aliphatic carbocycles. The lowest BCUT2D eigenvalue weighted by Crippen LogP contribution is -1.61. The third kappa shape index (κ3) is 1.27. The Morgan fingerprint density at radius 2 is 2.36 bits per heavy atom. The molecule has 0 saturated heterocycles. The number of hydrogen-bond acceptors (Lipinski definition) is 3. The van der Waals surface area contributed by atoms with Gasteiger partial charge in [0.15, 0.2) is 4.47 Å². The minimum atomic E-state index is 0.557. The van der Waals surface area contributed by atoms with Gasteiger partial charge in [0.05, 0.1) is 11.1 Å². The van der Waals surface area contributed by atoms with Crippen LogP contribution in [-0.4, -0.2) is 15.2 Å². The van der Waals surface area contributed by atoms with Crippen molar-refractivity contribution < 1.29 is 0 Å². The minimum Gasteiger partial charge on any atom is -0.285 e. The lowest BCUT2D eigenvalue weighted by atomic mass is 10.3. The third-order valence-electron chi connectivity index (χ3n) is 1.26. The van der Waals surface area contributed by atoms with Gasteiger partial charge in [-0.05, 0) is 0 Å². The number of nitrogens with zero attached hydrogens (tertiary/aromatic N) is 2. The third-order valence-corrected chi connectivity index (χ3v) is 2.42. The average molecular weight is 186 g/mol. The summed E-state index contributed by atoms with van der Waals surface area (Å²) in [6.45, 7) is 0. The van der Waals surface area contributed by atoms with E-state index in [9.17, 15) is 0 Å². The molecule has 0 unspecified atom stereocenters. The minimum absolute atomic E-state index is 0.557. The number of halogens is 1. The van der Waals surface area contributed by atoms with Gasteiger partial charge >= 0.3 is 0 Å². The van der Waals surface area contributed by atoms with Gasteiger partial charge < -0.3 is 0 Å². The van der Waals surface area contributed by atoms with E-state index in [-0.39, 0.29) is 0 Å². The highest BCUT2D eigenvalue weighted by atomic mass is 35.5. The smallest absolute Gasteiger partial charge is 0.184 e.